The van der Waals surface area contributed by atoms with Gasteiger partial charge in [-0.1, -0.05) is 45.4 Å². The highest BCUT2D eigenvalue weighted by Crippen LogP contribution is 2.43. The maximum absolute atomic E-state index is 14.9. The van der Waals surface area contributed by atoms with Crippen molar-refractivity contribution in [1.82, 2.24) is 0 Å². The minimum absolute atomic E-state index is 0.0197. The Hall–Kier alpha value is -0.440. The summed E-state index contributed by atoms with van der Waals surface area (Å²) in [6.45, 7) is 2.27. The third kappa shape index (κ3) is 5.78. The van der Waals surface area contributed by atoms with E-state index in [0.717, 1.165) is 43.8 Å². The summed E-state index contributed by atoms with van der Waals surface area (Å²) in [5, 5.41) is 0. The van der Waals surface area contributed by atoms with E-state index >= 15 is 0 Å². The zero-order valence-corrected chi connectivity index (χ0v) is 17.1. The maximum Gasteiger partial charge on any atom is 0.139 e. The fourth-order valence-electron chi connectivity index (χ4n) is 5.63. The van der Waals surface area contributed by atoms with Crippen LogP contribution in [0.15, 0.2) is 11.9 Å². The van der Waals surface area contributed by atoms with E-state index < -0.39 is 30.3 Å². The molecule has 0 saturated heterocycles. The fourth-order valence-corrected chi connectivity index (χ4v) is 5.63. The van der Waals surface area contributed by atoms with Gasteiger partial charge in [-0.05, 0) is 80.5 Å². The smallest absolute Gasteiger partial charge is 0.139 e. The van der Waals surface area contributed by atoms with Crippen molar-refractivity contribution in [2.45, 2.75) is 103 Å². The molecular formula is C24H40F2O. The molecule has 0 amide bonds. The van der Waals surface area contributed by atoms with Gasteiger partial charge in [0, 0.05) is 11.2 Å². The molecule has 2 saturated carbocycles. The van der Waals surface area contributed by atoms with Gasteiger partial charge in [0.2, 0.25) is 0 Å². The highest BCUT2D eigenvalue weighted by atomic mass is 19.1. The molecule has 3 aliphatic rings. The number of rotatable bonds is 7. The van der Waals surface area contributed by atoms with Crippen LogP contribution in [0.5, 0.6) is 0 Å². The third-order valence-corrected chi connectivity index (χ3v) is 7.28. The molecule has 0 spiro atoms. The normalized spacial score (nSPS) is 50.1. The number of allylic oxidation sites excluding steroid dienone is 1. The van der Waals surface area contributed by atoms with Crippen molar-refractivity contribution in [3.63, 3.8) is 0 Å². The molecule has 1 nitrogen and oxygen atoms in total. The zero-order chi connectivity index (χ0) is 22.9. The Balaban J connectivity index is 1.53. The average Bonchev–Trinajstić information content (AvgIpc) is 2.73. The molecule has 3 atom stereocenters. The van der Waals surface area contributed by atoms with E-state index in [9.17, 15) is 8.78 Å². The van der Waals surface area contributed by atoms with E-state index in [4.69, 9.17) is 10.2 Å². The summed E-state index contributed by atoms with van der Waals surface area (Å²) < 4.78 is 66.7. The number of alkyl halides is 1. The van der Waals surface area contributed by atoms with Crippen molar-refractivity contribution >= 4 is 0 Å². The van der Waals surface area contributed by atoms with E-state index in [-0.39, 0.29) is 6.42 Å². The van der Waals surface area contributed by atoms with Gasteiger partial charge in [0.05, 0.1) is 1.37 Å². The molecule has 3 aliphatic carbocycles. The highest BCUT2D eigenvalue weighted by molar-refractivity contribution is 5.10. The Bertz CT molecular complexity index is 625. The largest absolute Gasteiger partial charge is 0.371 e. The van der Waals surface area contributed by atoms with E-state index in [1.54, 1.807) is 0 Å². The lowest BCUT2D eigenvalue weighted by atomic mass is 9.68. The standard InChI is InChI=1S/C24H40F2O/c1-3-4-17-7-11-20(12-8-17)21-13-9-18(10-14-21)5-6-19-15-22(25)24(27-2)23(26)16-19/h15,17-21,23-24H,3-14,16H2,1-2H3/i16D2,19D,23D. The summed E-state index contributed by atoms with van der Waals surface area (Å²) in [7, 11) is 1.06. The number of hydrogen-bond acceptors (Lipinski definition) is 1. The Labute approximate surface area is 170 Å². The highest BCUT2D eigenvalue weighted by Gasteiger charge is 2.34. The SMILES string of the molecule is [2H]C1(CCC2CCC(C3CCC(CCC)CC3)CC2)C=C(F)C(OC)C([2H])(F)C1([2H])[2H]. The van der Waals surface area contributed by atoms with Crippen LogP contribution >= 0.6 is 0 Å². The van der Waals surface area contributed by atoms with Gasteiger partial charge in [-0.25, -0.2) is 8.78 Å². The summed E-state index contributed by atoms with van der Waals surface area (Å²) in [4.78, 5) is 0. The topological polar surface area (TPSA) is 9.23 Å². The van der Waals surface area contributed by atoms with E-state index in [1.807, 2.05) is 0 Å². The van der Waals surface area contributed by atoms with Crippen LogP contribution < -0.4 is 0 Å². The van der Waals surface area contributed by atoms with Crippen molar-refractivity contribution in [1.29, 1.82) is 0 Å². The van der Waals surface area contributed by atoms with Gasteiger partial charge >= 0.3 is 0 Å². The van der Waals surface area contributed by atoms with Gasteiger partial charge < -0.3 is 4.74 Å². The van der Waals surface area contributed by atoms with Gasteiger partial charge in [0.25, 0.3) is 0 Å². The molecule has 156 valence electrons. The van der Waals surface area contributed by atoms with Gasteiger partial charge in [0.15, 0.2) is 0 Å². The second-order valence-electron chi connectivity index (χ2n) is 9.03. The van der Waals surface area contributed by atoms with Crippen molar-refractivity contribution in [3.8, 4) is 0 Å². The Kier molecular flexibility index (Phi) is 6.29. The second kappa shape index (κ2) is 10.4. The third-order valence-electron chi connectivity index (χ3n) is 7.28. The van der Waals surface area contributed by atoms with Gasteiger partial charge in [-0.3, -0.25) is 0 Å². The molecule has 2 fully saturated rings. The average molecular weight is 387 g/mol. The lowest BCUT2D eigenvalue weighted by molar-refractivity contribution is 0.0242. The Morgan fingerprint density at radius 1 is 1.00 bits per heavy atom. The first-order chi connectivity index (χ1) is 14.6. The lowest BCUT2D eigenvalue weighted by Gasteiger charge is -2.38. The molecule has 27 heavy (non-hydrogen) atoms. The molecule has 0 aromatic heterocycles. The van der Waals surface area contributed by atoms with Crippen molar-refractivity contribution in [2.24, 2.45) is 29.6 Å². The van der Waals surface area contributed by atoms with Crippen LogP contribution in [-0.2, 0) is 4.74 Å². The van der Waals surface area contributed by atoms with Crippen LogP contribution in [-0.4, -0.2) is 19.4 Å². The number of hydrogen-bond donors (Lipinski definition) is 0. The summed E-state index contributed by atoms with van der Waals surface area (Å²) in [6, 6.07) is 0. The molecule has 3 unspecified atom stereocenters. The van der Waals surface area contributed by atoms with Crippen LogP contribution in [0.2, 0.25) is 0 Å². The van der Waals surface area contributed by atoms with E-state index in [2.05, 4.69) is 6.92 Å². The first-order valence-electron chi connectivity index (χ1n) is 13.2. The van der Waals surface area contributed by atoms with Gasteiger partial charge in [-0.15, -0.1) is 0 Å². The first-order valence-corrected chi connectivity index (χ1v) is 11.2. The van der Waals surface area contributed by atoms with E-state index in [1.165, 1.54) is 51.4 Å². The molecule has 0 aliphatic heterocycles. The lowest BCUT2D eigenvalue weighted by Crippen LogP contribution is -2.31. The summed E-state index contributed by atoms with van der Waals surface area (Å²) in [6.07, 6.45) is 5.85. The van der Waals surface area contributed by atoms with Crippen LogP contribution in [0.1, 0.15) is 95.8 Å². The predicted molar refractivity (Wildman–Crippen MR) is 108 cm³/mol. The first kappa shape index (κ1) is 16.4. The number of methoxy groups -OCH3 is 1. The van der Waals surface area contributed by atoms with Crippen molar-refractivity contribution < 1.29 is 19.0 Å². The van der Waals surface area contributed by atoms with Gasteiger partial charge in [0.1, 0.15) is 18.1 Å². The fraction of sp³-hybridized carbons (Fsp3) is 0.917. The molecule has 3 rings (SSSR count). The monoisotopic (exact) mass is 386 g/mol. The van der Waals surface area contributed by atoms with Crippen LogP contribution in [0, 0.1) is 29.6 Å². The van der Waals surface area contributed by atoms with Crippen LogP contribution in [0.3, 0.4) is 0 Å². The van der Waals surface area contributed by atoms with Crippen molar-refractivity contribution in [2.75, 3.05) is 7.11 Å². The van der Waals surface area contributed by atoms with Gasteiger partial charge in [-0.2, -0.15) is 0 Å². The molecule has 0 heterocycles. The molecule has 0 N–H and O–H groups in total. The van der Waals surface area contributed by atoms with Crippen LogP contribution in [0.25, 0.3) is 0 Å². The molecule has 0 radical (unpaired) electrons. The minimum Gasteiger partial charge on any atom is -0.371 e. The maximum atomic E-state index is 14.9. The number of ether oxygens (including phenoxy) is 1. The van der Waals surface area contributed by atoms with Crippen LogP contribution in [0.4, 0.5) is 8.78 Å². The minimum atomic E-state index is -3.34. The van der Waals surface area contributed by atoms with Crippen molar-refractivity contribution in [3.05, 3.63) is 11.9 Å². The summed E-state index contributed by atoms with van der Waals surface area (Å²) >= 11 is 0. The molecule has 0 aromatic rings. The molecule has 0 aromatic carbocycles. The molecule has 3 heteroatoms. The summed E-state index contributed by atoms with van der Waals surface area (Å²) in [5.41, 5.74) is 0. The predicted octanol–water partition coefficient (Wildman–Crippen LogP) is 7.41. The second-order valence-corrected chi connectivity index (χ2v) is 9.03. The molecule has 0 bridgehead atoms. The van der Waals surface area contributed by atoms with E-state index in [0.29, 0.717) is 12.3 Å². The molecular weight excluding hydrogens is 342 g/mol. The Morgan fingerprint density at radius 3 is 2.07 bits per heavy atom. The zero-order valence-electron chi connectivity index (χ0n) is 21.1. The quantitative estimate of drug-likeness (QED) is 0.443. The Morgan fingerprint density at radius 2 is 1.56 bits per heavy atom. The summed E-state index contributed by atoms with van der Waals surface area (Å²) in [5.74, 6) is -0.257. The number of halogens is 2.